The Morgan fingerprint density at radius 1 is 0.897 bits per heavy atom. The summed E-state index contributed by atoms with van der Waals surface area (Å²) in [4.78, 5) is 9.11. The van der Waals surface area contributed by atoms with Crippen LogP contribution in [0.1, 0.15) is 35.3 Å². The fraction of sp³-hybridized carbons (Fsp3) is 0.208. The van der Waals surface area contributed by atoms with Crippen molar-refractivity contribution in [3.63, 3.8) is 0 Å². The van der Waals surface area contributed by atoms with Crippen LogP contribution in [-0.4, -0.2) is 19.7 Å². The first-order valence-corrected chi connectivity index (χ1v) is 9.83. The van der Waals surface area contributed by atoms with Crippen molar-refractivity contribution < 1.29 is 0 Å². The third-order valence-corrected chi connectivity index (χ3v) is 5.22. The van der Waals surface area contributed by atoms with Crippen LogP contribution in [0, 0.1) is 13.8 Å². The molecule has 146 valence electrons. The van der Waals surface area contributed by atoms with E-state index in [4.69, 9.17) is 0 Å². The predicted octanol–water partition coefficient (Wildman–Crippen LogP) is 4.80. The SMILES string of the molecule is Cc1ccccc1-c1ncc(CN[C@H](C)c2cnn(-c3ccccc3)c2C)cn1. The van der Waals surface area contributed by atoms with E-state index >= 15 is 0 Å². The molecule has 0 aliphatic heterocycles. The summed E-state index contributed by atoms with van der Waals surface area (Å²) in [5.41, 5.74) is 6.71. The molecule has 0 bridgehead atoms. The normalized spacial score (nSPS) is 12.1. The number of hydrogen-bond donors (Lipinski definition) is 1. The molecular formula is C24H25N5. The third kappa shape index (κ3) is 4.10. The quantitative estimate of drug-likeness (QED) is 0.520. The van der Waals surface area contributed by atoms with Crippen molar-refractivity contribution in [3.8, 4) is 17.1 Å². The largest absolute Gasteiger partial charge is 0.306 e. The van der Waals surface area contributed by atoms with Gasteiger partial charge in [0.2, 0.25) is 0 Å². The van der Waals surface area contributed by atoms with E-state index in [1.54, 1.807) is 0 Å². The summed E-state index contributed by atoms with van der Waals surface area (Å²) < 4.78 is 1.98. The Balaban J connectivity index is 1.43. The number of hydrogen-bond acceptors (Lipinski definition) is 4. The van der Waals surface area contributed by atoms with Gasteiger partial charge in [-0.3, -0.25) is 0 Å². The van der Waals surface area contributed by atoms with Crippen molar-refractivity contribution in [3.05, 3.63) is 95.6 Å². The Hall–Kier alpha value is -3.31. The zero-order valence-electron chi connectivity index (χ0n) is 17.0. The number of aryl methyl sites for hydroxylation is 1. The lowest BCUT2D eigenvalue weighted by atomic mass is 10.1. The molecule has 0 saturated carbocycles. The molecule has 0 saturated heterocycles. The summed E-state index contributed by atoms with van der Waals surface area (Å²) in [7, 11) is 0. The molecule has 2 aromatic carbocycles. The number of para-hydroxylation sites is 1. The predicted molar refractivity (Wildman–Crippen MR) is 116 cm³/mol. The van der Waals surface area contributed by atoms with Crippen LogP contribution < -0.4 is 5.32 Å². The molecular weight excluding hydrogens is 358 g/mol. The molecule has 1 atom stereocenters. The minimum Gasteiger partial charge on any atom is -0.306 e. The number of aromatic nitrogens is 4. The van der Waals surface area contributed by atoms with Gasteiger partial charge in [-0.1, -0.05) is 42.5 Å². The van der Waals surface area contributed by atoms with Crippen molar-refractivity contribution in [2.75, 3.05) is 0 Å². The average molecular weight is 383 g/mol. The van der Waals surface area contributed by atoms with E-state index in [2.05, 4.69) is 65.4 Å². The Morgan fingerprint density at radius 2 is 1.59 bits per heavy atom. The third-order valence-electron chi connectivity index (χ3n) is 5.22. The van der Waals surface area contributed by atoms with E-state index in [0.29, 0.717) is 6.54 Å². The van der Waals surface area contributed by atoms with Crippen molar-refractivity contribution in [1.29, 1.82) is 0 Å². The molecule has 1 N–H and O–H groups in total. The second kappa shape index (κ2) is 8.37. The van der Waals surface area contributed by atoms with Crippen molar-refractivity contribution in [1.82, 2.24) is 25.1 Å². The Labute approximate surface area is 171 Å². The van der Waals surface area contributed by atoms with E-state index in [1.807, 2.05) is 53.6 Å². The summed E-state index contributed by atoms with van der Waals surface area (Å²) in [5, 5.41) is 8.13. The summed E-state index contributed by atoms with van der Waals surface area (Å²) in [5.74, 6) is 0.764. The first-order chi connectivity index (χ1) is 14.1. The highest BCUT2D eigenvalue weighted by molar-refractivity contribution is 5.59. The van der Waals surface area contributed by atoms with Gasteiger partial charge in [-0.05, 0) is 38.5 Å². The van der Waals surface area contributed by atoms with Gasteiger partial charge in [0, 0.05) is 47.4 Å². The van der Waals surface area contributed by atoms with Gasteiger partial charge in [0.05, 0.1) is 11.9 Å². The Bertz CT molecular complexity index is 1080. The molecule has 0 radical (unpaired) electrons. The molecule has 5 nitrogen and oxygen atoms in total. The van der Waals surface area contributed by atoms with Crippen LogP contribution in [-0.2, 0) is 6.54 Å². The van der Waals surface area contributed by atoms with Crippen molar-refractivity contribution in [2.45, 2.75) is 33.4 Å². The maximum absolute atomic E-state index is 4.57. The molecule has 0 fully saturated rings. The Morgan fingerprint density at radius 3 is 2.31 bits per heavy atom. The van der Waals surface area contributed by atoms with E-state index in [-0.39, 0.29) is 6.04 Å². The van der Waals surface area contributed by atoms with Gasteiger partial charge in [0.15, 0.2) is 5.82 Å². The van der Waals surface area contributed by atoms with Gasteiger partial charge < -0.3 is 5.32 Å². The standard InChI is InChI=1S/C24H25N5/c1-17-9-7-8-12-22(17)24-26-14-20(15-27-24)13-25-18(2)23-16-28-29(19(23)3)21-10-5-4-6-11-21/h4-12,14-16,18,25H,13H2,1-3H3/t18-/m1/s1. The fourth-order valence-electron chi connectivity index (χ4n) is 3.47. The number of benzene rings is 2. The lowest BCUT2D eigenvalue weighted by Crippen LogP contribution is -2.19. The molecule has 2 heterocycles. The second-order valence-electron chi connectivity index (χ2n) is 7.27. The topological polar surface area (TPSA) is 55.6 Å². The molecule has 4 aromatic rings. The lowest BCUT2D eigenvalue weighted by molar-refractivity contribution is 0.570. The summed E-state index contributed by atoms with van der Waals surface area (Å²) >= 11 is 0. The molecule has 2 aromatic heterocycles. The maximum Gasteiger partial charge on any atom is 0.159 e. The fourth-order valence-corrected chi connectivity index (χ4v) is 3.47. The Kier molecular flexibility index (Phi) is 5.49. The molecule has 0 spiro atoms. The summed E-state index contributed by atoms with van der Waals surface area (Å²) in [6, 6.07) is 18.5. The van der Waals surface area contributed by atoms with Gasteiger partial charge in [-0.25, -0.2) is 14.6 Å². The van der Waals surface area contributed by atoms with Crippen LogP contribution in [0.2, 0.25) is 0 Å². The van der Waals surface area contributed by atoms with E-state index in [1.165, 1.54) is 11.1 Å². The summed E-state index contributed by atoms with van der Waals surface area (Å²) in [6.07, 6.45) is 5.74. The van der Waals surface area contributed by atoms with Crippen LogP contribution in [0.3, 0.4) is 0 Å². The molecule has 4 rings (SSSR count). The highest BCUT2D eigenvalue weighted by Crippen LogP contribution is 2.21. The lowest BCUT2D eigenvalue weighted by Gasteiger charge is -2.14. The van der Waals surface area contributed by atoms with Gasteiger partial charge in [-0.15, -0.1) is 0 Å². The van der Waals surface area contributed by atoms with E-state index in [0.717, 1.165) is 28.3 Å². The number of rotatable bonds is 6. The highest BCUT2D eigenvalue weighted by Gasteiger charge is 2.14. The molecule has 5 heteroatoms. The van der Waals surface area contributed by atoms with Crippen molar-refractivity contribution in [2.24, 2.45) is 0 Å². The minimum absolute atomic E-state index is 0.170. The van der Waals surface area contributed by atoms with Crippen LogP contribution in [0.25, 0.3) is 17.1 Å². The van der Waals surface area contributed by atoms with Crippen LogP contribution >= 0.6 is 0 Å². The van der Waals surface area contributed by atoms with Crippen LogP contribution in [0.5, 0.6) is 0 Å². The minimum atomic E-state index is 0.170. The number of nitrogens with one attached hydrogen (secondary N) is 1. The van der Waals surface area contributed by atoms with Gasteiger partial charge in [-0.2, -0.15) is 5.10 Å². The first kappa shape index (κ1) is 19.0. The molecule has 0 aliphatic carbocycles. The van der Waals surface area contributed by atoms with Gasteiger partial charge in [0.25, 0.3) is 0 Å². The van der Waals surface area contributed by atoms with Crippen LogP contribution in [0.15, 0.2) is 73.2 Å². The zero-order valence-corrected chi connectivity index (χ0v) is 17.0. The van der Waals surface area contributed by atoms with E-state index in [9.17, 15) is 0 Å². The highest BCUT2D eigenvalue weighted by atomic mass is 15.3. The molecule has 29 heavy (non-hydrogen) atoms. The number of nitrogens with zero attached hydrogens (tertiary/aromatic N) is 4. The summed E-state index contributed by atoms with van der Waals surface area (Å²) in [6.45, 7) is 7.04. The molecule has 0 aliphatic rings. The van der Waals surface area contributed by atoms with Gasteiger partial charge >= 0.3 is 0 Å². The van der Waals surface area contributed by atoms with Crippen molar-refractivity contribution >= 4 is 0 Å². The second-order valence-corrected chi connectivity index (χ2v) is 7.27. The average Bonchev–Trinajstić information content (AvgIpc) is 3.15. The van der Waals surface area contributed by atoms with Crippen LogP contribution in [0.4, 0.5) is 0 Å². The molecule has 0 unspecified atom stereocenters. The van der Waals surface area contributed by atoms with E-state index < -0.39 is 0 Å². The maximum atomic E-state index is 4.57. The smallest absolute Gasteiger partial charge is 0.159 e. The molecule has 0 amide bonds. The zero-order chi connectivity index (χ0) is 20.2. The monoisotopic (exact) mass is 383 g/mol. The van der Waals surface area contributed by atoms with Gasteiger partial charge in [0.1, 0.15) is 0 Å². The first-order valence-electron chi connectivity index (χ1n) is 9.83.